The molecule has 0 spiro atoms. The highest BCUT2D eigenvalue weighted by Crippen LogP contribution is 2.24. The maximum absolute atomic E-state index is 12.5. The normalized spacial score (nSPS) is 11.6. The number of rotatable bonds is 8. The van der Waals surface area contributed by atoms with Gasteiger partial charge in [0, 0.05) is 11.1 Å². The highest BCUT2D eigenvalue weighted by molar-refractivity contribution is 5.95. The fourth-order valence-corrected chi connectivity index (χ4v) is 2.99. The van der Waals surface area contributed by atoms with Crippen molar-refractivity contribution in [3.63, 3.8) is 0 Å². The molecule has 1 amide bonds. The quantitative estimate of drug-likeness (QED) is 0.340. The lowest BCUT2D eigenvalue weighted by atomic mass is 9.87. The van der Waals surface area contributed by atoms with Crippen LogP contribution in [0.25, 0.3) is 0 Å². The molecule has 0 saturated carbocycles. The van der Waals surface area contributed by atoms with Crippen LogP contribution in [0.1, 0.15) is 47.8 Å². The number of hydrogen-bond donors (Lipinski definition) is 1. The summed E-state index contributed by atoms with van der Waals surface area (Å²) in [6, 6.07) is 21.1. The third-order valence-corrected chi connectivity index (χ3v) is 4.85. The Kier molecular flexibility index (Phi) is 7.77. The van der Waals surface area contributed by atoms with Crippen LogP contribution in [-0.2, 0) is 12.0 Å². The second-order valence-corrected chi connectivity index (χ2v) is 8.38. The number of alkyl halides is 2. The maximum atomic E-state index is 12.5. The van der Waals surface area contributed by atoms with Crippen molar-refractivity contribution in [3.8, 4) is 11.5 Å². The topological polar surface area (TPSA) is 59.9 Å². The van der Waals surface area contributed by atoms with Crippen LogP contribution in [0.5, 0.6) is 11.5 Å². The molecule has 0 radical (unpaired) electrons. The molecule has 33 heavy (non-hydrogen) atoms. The molecular weight excluding hydrogens is 426 g/mol. The molecule has 0 aliphatic carbocycles. The van der Waals surface area contributed by atoms with Gasteiger partial charge in [0.25, 0.3) is 5.91 Å². The van der Waals surface area contributed by atoms with Crippen LogP contribution in [0.4, 0.5) is 8.78 Å². The van der Waals surface area contributed by atoms with E-state index in [0.29, 0.717) is 17.7 Å². The van der Waals surface area contributed by atoms with Gasteiger partial charge < -0.3 is 9.47 Å². The highest BCUT2D eigenvalue weighted by Gasteiger charge is 2.13. The van der Waals surface area contributed by atoms with Gasteiger partial charge in [-0.1, -0.05) is 57.2 Å². The van der Waals surface area contributed by atoms with Crippen molar-refractivity contribution in [2.24, 2.45) is 5.10 Å². The molecule has 0 aromatic heterocycles. The molecule has 0 unspecified atom stereocenters. The fraction of sp³-hybridized carbons (Fsp3) is 0.231. The van der Waals surface area contributed by atoms with Gasteiger partial charge in [-0.15, -0.1) is 0 Å². The SMILES string of the molecule is CC(C)(C)c1ccc(OCc2ccc(C(=O)N/N=C\c3ccccc3OC(F)F)cc2)cc1. The molecule has 1 N–H and O–H groups in total. The predicted molar refractivity (Wildman–Crippen MR) is 124 cm³/mol. The number of nitrogens with zero attached hydrogens (tertiary/aromatic N) is 1. The molecule has 5 nitrogen and oxygen atoms in total. The first-order valence-corrected chi connectivity index (χ1v) is 10.4. The summed E-state index contributed by atoms with van der Waals surface area (Å²) < 4.78 is 35.2. The Balaban J connectivity index is 1.53. The number of amides is 1. The number of carbonyl (C=O) groups is 1. The summed E-state index contributed by atoms with van der Waals surface area (Å²) in [6.07, 6.45) is 1.25. The lowest BCUT2D eigenvalue weighted by Crippen LogP contribution is -2.17. The smallest absolute Gasteiger partial charge is 0.387 e. The first-order valence-electron chi connectivity index (χ1n) is 10.4. The molecule has 0 atom stereocenters. The predicted octanol–water partition coefficient (Wildman–Crippen LogP) is 5.93. The van der Waals surface area contributed by atoms with Gasteiger partial charge in [0.15, 0.2) is 0 Å². The molecule has 172 valence electrons. The Morgan fingerprint density at radius 2 is 1.67 bits per heavy atom. The fourth-order valence-electron chi connectivity index (χ4n) is 2.99. The van der Waals surface area contributed by atoms with Gasteiger partial charge in [0.1, 0.15) is 18.1 Å². The third-order valence-electron chi connectivity index (χ3n) is 4.85. The second kappa shape index (κ2) is 10.7. The molecule has 0 fully saturated rings. The average molecular weight is 453 g/mol. The Morgan fingerprint density at radius 3 is 2.30 bits per heavy atom. The van der Waals surface area contributed by atoms with E-state index in [2.05, 4.69) is 48.2 Å². The van der Waals surface area contributed by atoms with Crippen molar-refractivity contribution < 1.29 is 23.0 Å². The minimum absolute atomic E-state index is 0.0251. The van der Waals surface area contributed by atoms with Crippen LogP contribution in [0, 0.1) is 0 Å². The number of halogens is 2. The van der Waals surface area contributed by atoms with E-state index in [1.165, 1.54) is 17.8 Å². The number of ether oxygens (including phenoxy) is 2. The van der Waals surface area contributed by atoms with Crippen molar-refractivity contribution >= 4 is 12.1 Å². The van der Waals surface area contributed by atoms with E-state index in [1.54, 1.807) is 42.5 Å². The first kappa shape index (κ1) is 23.9. The zero-order valence-electron chi connectivity index (χ0n) is 18.7. The lowest BCUT2D eigenvalue weighted by molar-refractivity contribution is -0.0499. The van der Waals surface area contributed by atoms with Gasteiger partial charge >= 0.3 is 6.61 Å². The number of carbonyl (C=O) groups excluding carboxylic acids is 1. The zero-order chi connectivity index (χ0) is 23.8. The van der Waals surface area contributed by atoms with Crippen molar-refractivity contribution in [1.82, 2.24) is 5.43 Å². The number of para-hydroxylation sites is 1. The van der Waals surface area contributed by atoms with Gasteiger partial charge in [0.2, 0.25) is 0 Å². The van der Waals surface area contributed by atoms with Gasteiger partial charge in [-0.2, -0.15) is 13.9 Å². The van der Waals surface area contributed by atoms with Gasteiger partial charge in [0.05, 0.1) is 6.21 Å². The monoisotopic (exact) mass is 452 g/mol. The summed E-state index contributed by atoms with van der Waals surface area (Å²) in [6.45, 7) is 3.90. The van der Waals surface area contributed by atoms with Crippen LogP contribution in [0.15, 0.2) is 77.9 Å². The summed E-state index contributed by atoms with van der Waals surface area (Å²) in [4.78, 5) is 12.3. The van der Waals surface area contributed by atoms with E-state index >= 15 is 0 Å². The van der Waals surface area contributed by atoms with Gasteiger partial charge in [-0.3, -0.25) is 4.79 Å². The summed E-state index contributed by atoms with van der Waals surface area (Å²) in [5.74, 6) is 0.321. The number of hydrogen-bond acceptors (Lipinski definition) is 4. The molecule has 7 heteroatoms. The summed E-state index contributed by atoms with van der Waals surface area (Å²) in [7, 11) is 0. The Morgan fingerprint density at radius 1 is 1.00 bits per heavy atom. The molecule has 0 aliphatic rings. The minimum Gasteiger partial charge on any atom is -0.489 e. The largest absolute Gasteiger partial charge is 0.489 e. The molecule has 0 heterocycles. The van der Waals surface area contributed by atoms with Crippen LogP contribution in [0.3, 0.4) is 0 Å². The molecule has 3 rings (SSSR count). The van der Waals surface area contributed by atoms with Crippen molar-refractivity contribution in [2.75, 3.05) is 0 Å². The summed E-state index contributed by atoms with van der Waals surface area (Å²) in [5, 5.41) is 3.83. The Labute approximate surface area is 192 Å². The number of benzene rings is 3. The summed E-state index contributed by atoms with van der Waals surface area (Å²) in [5.41, 5.74) is 5.33. The van der Waals surface area contributed by atoms with E-state index in [1.807, 2.05) is 12.1 Å². The second-order valence-electron chi connectivity index (χ2n) is 8.38. The van der Waals surface area contributed by atoms with Crippen molar-refractivity contribution in [1.29, 1.82) is 0 Å². The first-order chi connectivity index (χ1) is 15.7. The molecule has 3 aromatic rings. The van der Waals surface area contributed by atoms with Crippen LogP contribution >= 0.6 is 0 Å². The zero-order valence-corrected chi connectivity index (χ0v) is 18.7. The van der Waals surface area contributed by atoms with Crippen LogP contribution in [-0.4, -0.2) is 18.7 Å². The van der Waals surface area contributed by atoms with Crippen LogP contribution in [0.2, 0.25) is 0 Å². The lowest BCUT2D eigenvalue weighted by Gasteiger charge is -2.19. The van der Waals surface area contributed by atoms with Gasteiger partial charge in [-0.05, 0) is 52.9 Å². The van der Waals surface area contributed by atoms with E-state index < -0.39 is 12.5 Å². The average Bonchev–Trinajstić information content (AvgIpc) is 2.78. The number of nitrogens with one attached hydrogen (secondary N) is 1. The molecule has 0 aliphatic heterocycles. The van der Waals surface area contributed by atoms with Crippen molar-refractivity contribution in [3.05, 3.63) is 95.1 Å². The van der Waals surface area contributed by atoms with Crippen molar-refractivity contribution in [2.45, 2.75) is 39.4 Å². The maximum Gasteiger partial charge on any atom is 0.387 e. The van der Waals surface area contributed by atoms with E-state index in [4.69, 9.17) is 4.74 Å². The van der Waals surface area contributed by atoms with Gasteiger partial charge in [-0.25, -0.2) is 5.43 Å². The molecule has 3 aromatic carbocycles. The molecule has 0 bridgehead atoms. The molecule has 0 saturated heterocycles. The van der Waals surface area contributed by atoms with E-state index in [0.717, 1.165) is 11.3 Å². The van der Waals surface area contributed by atoms with E-state index in [9.17, 15) is 13.6 Å². The molecular formula is C26H26F2N2O3. The van der Waals surface area contributed by atoms with E-state index in [-0.39, 0.29) is 11.2 Å². The van der Waals surface area contributed by atoms with Crippen LogP contribution < -0.4 is 14.9 Å². The third kappa shape index (κ3) is 7.14. The number of hydrazone groups is 1. The Bertz CT molecular complexity index is 1090. The standard InChI is InChI=1S/C26H26F2N2O3/c1-26(2,3)21-12-14-22(15-13-21)32-17-18-8-10-19(11-9-18)24(31)30-29-16-20-6-4-5-7-23(20)33-25(27)28/h4-16,25H,17H2,1-3H3,(H,30,31)/b29-16-. The Hall–Kier alpha value is -3.74. The summed E-state index contributed by atoms with van der Waals surface area (Å²) >= 11 is 0. The minimum atomic E-state index is -2.94. The highest BCUT2D eigenvalue weighted by atomic mass is 19.3.